The third-order valence-corrected chi connectivity index (χ3v) is 7.98. The summed E-state index contributed by atoms with van der Waals surface area (Å²) in [6.45, 7) is 3.79. The zero-order chi connectivity index (χ0) is 24.2. The van der Waals surface area contributed by atoms with Crippen LogP contribution in [0, 0.1) is 18.3 Å². The van der Waals surface area contributed by atoms with Gasteiger partial charge in [-0.05, 0) is 57.2 Å². The van der Waals surface area contributed by atoms with Crippen molar-refractivity contribution in [3.8, 4) is 6.07 Å². The molecule has 1 aliphatic carbocycles. The minimum atomic E-state index is -0.357. The second kappa shape index (κ2) is 10.4. The number of rotatable bonds is 7. The van der Waals surface area contributed by atoms with E-state index < -0.39 is 0 Å². The smallest absolute Gasteiger partial charge is 0.251 e. The van der Waals surface area contributed by atoms with Crippen molar-refractivity contribution in [2.75, 3.05) is 11.1 Å². The van der Waals surface area contributed by atoms with Crippen LogP contribution in [0.5, 0.6) is 0 Å². The highest BCUT2D eigenvalue weighted by Crippen LogP contribution is 2.37. The number of carbonyl (C=O) groups is 2. The number of hydrogen-bond donors (Lipinski definition) is 2. The molecule has 2 heterocycles. The van der Waals surface area contributed by atoms with E-state index in [1.54, 1.807) is 10.6 Å². The molecule has 34 heavy (non-hydrogen) atoms. The number of fused-ring (bicyclic) bond motifs is 1. The van der Waals surface area contributed by atoms with Gasteiger partial charge in [-0.15, -0.1) is 21.5 Å². The summed E-state index contributed by atoms with van der Waals surface area (Å²) >= 11 is 2.78. The number of aryl methyl sites for hydroxylation is 2. The third-order valence-electron chi connectivity index (χ3n) is 5.75. The predicted octanol–water partition coefficient (Wildman–Crippen LogP) is 4.16. The Kier molecular flexibility index (Phi) is 7.34. The first-order valence-electron chi connectivity index (χ1n) is 11.1. The van der Waals surface area contributed by atoms with Crippen LogP contribution in [0.25, 0.3) is 0 Å². The van der Waals surface area contributed by atoms with Gasteiger partial charge in [-0.3, -0.25) is 9.59 Å². The van der Waals surface area contributed by atoms with Gasteiger partial charge < -0.3 is 15.2 Å². The van der Waals surface area contributed by atoms with Gasteiger partial charge in [0.2, 0.25) is 5.91 Å². The molecule has 0 spiro atoms. The molecule has 0 radical (unpaired) electrons. The molecule has 176 valence electrons. The number of thioether (sulfide) groups is 1. The molecule has 2 N–H and O–H groups in total. The van der Waals surface area contributed by atoms with Gasteiger partial charge in [-0.1, -0.05) is 29.5 Å². The van der Waals surface area contributed by atoms with E-state index in [2.05, 4.69) is 26.9 Å². The maximum Gasteiger partial charge on any atom is 0.251 e. The minimum absolute atomic E-state index is 0.142. The van der Waals surface area contributed by atoms with Gasteiger partial charge in [0.25, 0.3) is 5.91 Å². The van der Waals surface area contributed by atoms with E-state index >= 15 is 0 Å². The van der Waals surface area contributed by atoms with Crippen LogP contribution in [0.15, 0.2) is 29.4 Å². The van der Waals surface area contributed by atoms with Gasteiger partial charge >= 0.3 is 0 Å². The van der Waals surface area contributed by atoms with E-state index in [0.717, 1.165) is 36.8 Å². The van der Waals surface area contributed by atoms with E-state index in [1.165, 1.54) is 28.0 Å². The fraction of sp³-hybridized carbons (Fsp3) is 0.375. The van der Waals surface area contributed by atoms with Crippen LogP contribution >= 0.6 is 23.1 Å². The third kappa shape index (κ3) is 5.16. The second-order valence-electron chi connectivity index (χ2n) is 8.33. The Hall–Kier alpha value is -3.16. The van der Waals surface area contributed by atoms with Crippen molar-refractivity contribution in [3.05, 3.63) is 57.2 Å². The first-order chi connectivity index (χ1) is 16.4. The molecule has 10 heteroatoms. The summed E-state index contributed by atoms with van der Waals surface area (Å²) in [6.07, 6.45) is 4.08. The Morgan fingerprint density at radius 2 is 2.09 bits per heavy atom. The van der Waals surface area contributed by atoms with Gasteiger partial charge in [-0.2, -0.15) is 5.26 Å². The lowest BCUT2D eigenvalue weighted by Gasteiger charge is -2.14. The van der Waals surface area contributed by atoms with Gasteiger partial charge in [0.1, 0.15) is 11.1 Å². The van der Waals surface area contributed by atoms with Crippen molar-refractivity contribution < 1.29 is 9.59 Å². The van der Waals surface area contributed by atoms with Crippen LogP contribution in [0.3, 0.4) is 0 Å². The summed E-state index contributed by atoms with van der Waals surface area (Å²) in [5.41, 5.74) is 3.31. The van der Waals surface area contributed by atoms with Gasteiger partial charge in [0.05, 0.1) is 17.4 Å². The van der Waals surface area contributed by atoms with Gasteiger partial charge in [0.15, 0.2) is 11.0 Å². The first kappa shape index (κ1) is 24.0. The minimum Gasteiger partial charge on any atom is -0.342 e. The van der Waals surface area contributed by atoms with E-state index in [9.17, 15) is 14.9 Å². The zero-order valence-corrected chi connectivity index (χ0v) is 21.0. The second-order valence-corrected chi connectivity index (χ2v) is 10.4. The summed E-state index contributed by atoms with van der Waals surface area (Å²) in [4.78, 5) is 26.4. The maximum absolute atomic E-state index is 12.6. The van der Waals surface area contributed by atoms with Crippen LogP contribution in [0.1, 0.15) is 63.6 Å². The number of hydrogen-bond acceptors (Lipinski definition) is 7. The monoisotopic (exact) mass is 494 g/mol. The molecule has 1 aliphatic rings. The lowest BCUT2D eigenvalue weighted by molar-refractivity contribution is -0.113. The molecular weight excluding hydrogens is 468 g/mol. The van der Waals surface area contributed by atoms with E-state index in [1.807, 2.05) is 39.1 Å². The first-order valence-corrected chi connectivity index (χ1v) is 12.9. The Morgan fingerprint density at radius 1 is 1.29 bits per heavy atom. The molecule has 0 bridgehead atoms. The number of nitrogens with one attached hydrogen (secondary N) is 2. The summed E-state index contributed by atoms with van der Waals surface area (Å²) in [6, 6.07) is 9.30. The molecule has 1 atom stereocenters. The largest absolute Gasteiger partial charge is 0.342 e. The average molecular weight is 495 g/mol. The summed E-state index contributed by atoms with van der Waals surface area (Å²) in [7, 11) is 1.81. The highest BCUT2D eigenvalue weighted by molar-refractivity contribution is 7.99. The highest BCUT2D eigenvalue weighted by atomic mass is 32.2. The quantitative estimate of drug-likeness (QED) is 0.477. The standard InChI is InChI=1S/C24H26N6O2S2/c1-14-7-6-8-16(11-14)22(32)26-15(2)21-28-29-24(30(21)3)33-13-20(31)27-23-18(12-25)17-9-4-5-10-19(17)34-23/h6-8,11,15H,4-5,9-10,13H2,1-3H3,(H,26,32)(H,27,31)/t15-/m0/s1. The van der Waals surface area contributed by atoms with Crippen LogP contribution in [0.4, 0.5) is 5.00 Å². The van der Waals surface area contributed by atoms with Gasteiger partial charge in [0, 0.05) is 17.5 Å². The number of anilines is 1. The van der Waals surface area contributed by atoms with Crippen LogP contribution in [0.2, 0.25) is 0 Å². The number of nitriles is 1. The SMILES string of the molecule is Cc1cccc(C(=O)N[C@@H](C)c2nnc(SCC(=O)Nc3sc4c(c3C#N)CCCC4)n2C)c1. The molecule has 2 aromatic heterocycles. The average Bonchev–Trinajstić information content (AvgIpc) is 3.36. The summed E-state index contributed by atoms with van der Waals surface area (Å²) in [5, 5.41) is 25.1. The molecule has 1 aromatic carbocycles. The van der Waals surface area contributed by atoms with Gasteiger partial charge in [-0.25, -0.2) is 0 Å². The molecular formula is C24H26N6O2S2. The molecule has 4 rings (SSSR count). The van der Waals surface area contributed by atoms with Crippen molar-refractivity contribution in [2.24, 2.45) is 7.05 Å². The van der Waals surface area contributed by atoms with Crippen LogP contribution in [-0.4, -0.2) is 32.3 Å². The fourth-order valence-electron chi connectivity index (χ4n) is 4.02. The molecule has 0 aliphatic heterocycles. The zero-order valence-electron chi connectivity index (χ0n) is 19.3. The Labute approximate surface area is 206 Å². The molecule has 3 aromatic rings. The van der Waals surface area contributed by atoms with Crippen molar-refractivity contribution in [1.82, 2.24) is 20.1 Å². The van der Waals surface area contributed by atoms with Crippen LogP contribution in [-0.2, 0) is 24.7 Å². The van der Waals surface area contributed by atoms with E-state index in [4.69, 9.17) is 0 Å². The molecule has 2 amide bonds. The predicted molar refractivity (Wildman–Crippen MR) is 133 cm³/mol. The maximum atomic E-state index is 12.6. The van der Waals surface area contributed by atoms with E-state index in [-0.39, 0.29) is 23.6 Å². The highest BCUT2D eigenvalue weighted by Gasteiger charge is 2.23. The van der Waals surface area contributed by atoms with Crippen molar-refractivity contribution >= 4 is 39.9 Å². The van der Waals surface area contributed by atoms with Crippen molar-refractivity contribution in [2.45, 2.75) is 50.7 Å². The number of aromatic nitrogens is 3. The normalized spacial score (nSPS) is 13.6. The number of nitrogens with zero attached hydrogens (tertiary/aromatic N) is 4. The Balaban J connectivity index is 1.36. The summed E-state index contributed by atoms with van der Waals surface area (Å²) < 4.78 is 1.78. The Morgan fingerprint density at radius 3 is 2.85 bits per heavy atom. The summed E-state index contributed by atoms with van der Waals surface area (Å²) in [5.74, 6) is 0.371. The lowest BCUT2D eigenvalue weighted by Crippen LogP contribution is -2.28. The molecule has 0 saturated heterocycles. The molecule has 0 unspecified atom stereocenters. The molecule has 0 fully saturated rings. The van der Waals surface area contributed by atoms with E-state index in [0.29, 0.717) is 27.1 Å². The van der Waals surface area contributed by atoms with Crippen LogP contribution < -0.4 is 10.6 Å². The van der Waals surface area contributed by atoms with Crippen molar-refractivity contribution in [3.63, 3.8) is 0 Å². The Bertz CT molecular complexity index is 1270. The lowest BCUT2D eigenvalue weighted by atomic mass is 9.96. The van der Waals surface area contributed by atoms with Crippen molar-refractivity contribution in [1.29, 1.82) is 5.26 Å². The fourth-order valence-corrected chi connectivity index (χ4v) is 6.00. The number of amides is 2. The number of carbonyl (C=O) groups excluding carboxylic acids is 2. The number of thiophene rings is 1. The molecule has 8 nitrogen and oxygen atoms in total. The molecule has 0 saturated carbocycles. The topological polar surface area (TPSA) is 113 Å². The number of benzene rings is 1.